The van der Waals surface area contributed by atoms with Crippen LogP contribution in [0.5, 0.6) is 0 Å². The Morgan fingerprint density at radius 3 is 2.34 bits per heavy atom. The zero-order chi connectivity index (χ0) is 27.0. The van der Waals surface area contributed by atoms with Gasteiger partial charge >= 0.3 is 0 Å². The lowest BCUT2D eigenvalue weighted by atomic mass is 9.86. The van der Waals surface area contributed by atoms with Crippen molar-refractivity contribution in [1.29, 1.82) is 0 Å². The molecule has 14 heteroatoms. The number of carbonyl (C=O) groups is 4. The molecule has 212 valence electrons. The second kappa shape index (κ2) is 11.2. The topological polar surface area (TPSA) is 170 Å². The summed E-state index contributed by atoms with van der Waals surface area (Å²) in [6.45, 7) is 5.14. The SMILES string of the molecule is CC1CC(=O)N(CCOCCN2C(=O)CC(NC[C@@]34CO[C@H](O3)[C@H](N3CCNCC3)[C@@H](O)[C@H]4O)C2=O)C1=O. The Morgan fingerprint density at radius 2 is 1.68 bits per heavy atom. The van der Waals surface area contributed by atoms with Gasteiger partial charge in [-0.15, -0.1) is 0 Å². The molecule has 7 atom stereocenters. The lowest BCUT2D eigenvalue weighted by Gasteiger charge is -2.47. The summed E-state index contributed by atoms with van der Waals surface area (Å²) in [6, 6.07) is -1.28. The minimum absolute atomic E-state index is 0.0281. The molecule has 0 saturated carbocycles. The summed E-state index contributed by atoms with van der Waals surface area (Å²) in [5, 5.41) is 28.2. The van der Waals surface area contributed by atoms with Gasteiger partial charge in [-0.3, -0.25) is 33.9 Å². The predicted molar refractivity (Wildman–Crippen MR) is 128 cm³/mol. The summed E-state index contributed by atoms with van der Waals surface area (Å²) in [7, 11) is 0. The third kappa shape index (κ3) is 5.11. The van der Waals surface area contributed by atoms with Gasteiger partial charge in [0.05, 0.1) is 51.4 Å². The van der Waals surface area contributed by atoms with Gasteiger partial charge in [-0.1, -0.05) is 6.92 Å². The monoisotopic (exact) mass is 539 g/mol. The van der Waals surface area contributed by atoms with E-state index in [0.29, 0.717) is 13.1 Å². The van der Waals surface area contributed by atoms with Crippen molar-refractivity contribution in [2.45, 2.75) is 55.9 Å². The fraction of sp³-hybridized carbons (Fsp3) is 0.833. The highest BCUT2D eigenvalue weighted by Crippen LogP contribution is 2.39. The second-order valence-corrected chi connectivity index (χ2v) is 10.7. The first-order valence-electron chi connectivity index (χ1n) is 13.3. The summed E-state index contributed by atoms with van der Waals surface area (Å²) >= 11 is 0. The number of hydrogen-bond donors (Lipinski definition) is 4. The summed E-state index contributed by atoms with van der Waals surface area (Å²) in [5.74, 6) is -1.51. The number of imide groups is 2. The molecule has 5 heterocycles. The zero-order valence-electron chi connectivity index (χ0n) is 21.5. The van der Waals surface area contributed by atoms with Crippen molar-refractivity contribution in [2.24, 2.45) is 5.92 Å². The van der Waals surface area contributed by atoms with E-state index < -0.39 is 42.1 Å². The van der Waals surface area contributed by atoms with Crippen molar-refractivity contribution in [3.63, 3.8) is 0 Å². The van der Waals surface area contributed by atoms with Gasteiger partial charge < -0.3 is 35.1 Å². The van der Waals surface area contributed by atoms with Crippen molar-refractivity contribution < 1.29 is 43.6 Å². The number of aliphatic hydroxyl groups excluding tert-OH is 2. The van der Waals surface area contributed by atoms with E-state index in [2.05, 4.69) is 15.5 Å². The third-order valence-corrected chi connectivity index (χ3v) is 8.19. The van der Waals surface area contributed by atoms with Gasteiger partial charge in [-0.2, -0.15) is 0 Å². The van der Waals surface area contributed by atoms with Crippen molar-refractivity contribution >= 4 is 23.6 Å². The lowest BCUT2D eigenvalue weighted by Crippen LogP contribution is -2.69. The van der Waals surface area contributed by atoms with Crippen LogP contribution in [-0.2, 0) is 33.4 Å². The van der Waals surface area contributed by atoms with Crippen LogP contribution in [0.4, 0.5) is 0 Å². The standard InChI is InChI=1S/C24H37N5O9/c1-14-10-16(30)28(21(14)34)6-8-36-9-7-29-17(31)11-15(22(29)35)26-12-24-13-37-23(38-24)18(19(32)20(24)33)27-4-2-25-3-5-27/h14-15,18-20,23,25-26,32-33H,2-13H2,1H3/t14?,15?,18-,19-,20-,23-,24+/m1/s1. The van der Waals surface area contributed by atoms with Crippen LogP contribution in [0.2, 0.25) is 0 Å². The molecular formula is C24H37N5O9. The molecule has 4 amide bonds. The molecule has 0 spiro atoms. The molecule has 2 bridgehead atoms. The molecule has 5 aliphatic heterocycles. The minimum Gasteiger partial charge on any atom is -0.388 e. The summed E-state index contributed by atoms with van der Waals surface area (Å²) in [4.78, 5) is 53.5. The molecule has 5 aliphatic rings. The van der Waals surface area contributed by atoms with E-state index >= 15 is 0 Å². The van der Waals surface area contributed by atoms with Crippen LogP contribution < -0.4 is 10.6 Å². The first-order chi connectivity index (χ1) is 18.2. The van der Waals surface area contributed by atoms with E-state index in [4.69, 9.17) is 14.2 Å². The number of nitrogens with one attached hydrogen (secondary N) is 2. The Hall–Kier alpha value is -2.04. The third-order valence-electron chi connectivity index (χ3n) is 8.19. The Balaban J connectivity index is 1.08. The van der Waals surface area contributed by atoms with Gasteiger partial charge in [-0.05, 0) is 0 Å². The highest BCUT2D eigenvalue weighted by atomic mass is 16.7. The quantitative estimate of drug-likeness (QED) is 0.158. The van der Waals surface area contributed by atoms with Crippen LogP contribution in [0, 0.1) is 5.92 Å². The van der Waals surface area contributed by atoms with Gasteiger partial charge in [0.2, 0.25) is 23.6 Å². The molecule has 0 aromatic carbocycles. The maximum absolute atomic E-state index is 12.9. The molecule has 5 fully saturated rings. The molecule has 38 heavy (non-hydrogen) atoms. The van der Waals surface area contributed by atoms with Crippen molar-refractivity contribution in [3.05, 3.63) is 0 Å². The fourth-order valence-electron chi connectivity index (χ4n) is 5.94. The van der Waals surface area contributed by atoms with Crippen molar-refractivity contribution in [3.8, 4) is 0 Å². The Kier molecular flexibility index (Phi) is 8.12. The molecule has 5 saturated heterocycles. The average molecular weight is 540 g/mol. The summed E-state index contributed by atoms with van der Waals surface area (Å²) in [5.41, 5.74) is -1.23. The van der Waals surface area contributed by atoms with Gasteiger partial charge in [0.1, 0.15) is 17.8 Å². The molecular weight excluding hydrogens is 502 g/mol. The van der Waals surface area contributed by atoms with Crippen LogP contribution in [0.1, 0.15) is 19.8 Å². The molecule has 0 aromatic heterocycles. The van der Waals surface area contributed by atoms with E-state index in [1.165, 1.54) is 4.90 Å². The lowest BCUT2D eigenvalue weighted by molar-refractivity contribution is -0.243. The largest absolute Gasteiger partial charge is 0.388 e. The van der Waals surface area contributed by atoms with Crippen molar-refractivity contribution in [1.82, 2.24) is 25.3 Å². The van der Waals surface area contributed by atoms with Crippen LogP contribution in [0.15, 0.2) is 0 Å². The van der Waals surface area contributed by atoms with E-state index in [1.54, 1.807) is 6.92 Å². The second-order valence-electron chi connectivity index (χ2n) is 10.7. The molecule has 4 N–H and O–H groups in total. The minimum atomic E-state index is -1.23. The fourth-order valence-corrected chi connectivity index (χ4v) is 5.94. The highest BCUT2D eigenvalue weighted by molar-refractivity contribution is 6.05. The molecule has 0 aromatic rings. The van der Waals surface area contributed by atoms with E-state index in [0.717, 1.165) is 18.0 Å². The molecule has 5 rings (SSSR count). The number of hydrogen-bond acceptors (Lipinski definition) is 12. The maximum Gasteiger partial charge on any atom is 0.246 e. The van der Waals surface area contributed by atoms with Crippen LogP contribution in [-0.4, -0.2) is 150 Å². The smallest absolute Gasteiger partial charge is 0.246 e. The summed E-state index contributed by atoms with van der Waals surface area (Å²) < 4.78 is 17.4. The average Bonchev–Trinajstić information content (AvgIpc) is 3.50. The first-order valence-corrected chi connectivity index (χ1v) is 13.3. The molecule has 0 radical (unpaired) electrons. The van der Waals surface area contributed by atoms with Crippen molar-refractivity contribution in [2.75, 3.05) is 65.6 Å². The number of ether oxygens (including phenoxy) is 3. The first kappa shape index (κ1) is 27.5. The van der Waals surface area contributed by atoms with Crippen LogP contribution in [0.3, 0.4) is 0 Å². The number of fused-ring (bicyclic) bond motifs is 2. The van der Waals surface area contributed by atoms with E-state index in [-0.39, 0.29) is 75.9 Å². The summed E-state index contributed by atoms with van der Waals surface area (Å²) in [6.07, 6.45) is -2.86. The van der Waals surface area contributed by atoms with Gasteiger partial charge in [-0.25, -0.2) is 0 Å². The number of aliphatic hydroxyl groups is 2. The Labute approximate surface area is 220 Å². The Morgan fingerprint density at radius 1 is 1.03 bits per heavy atom. The predicted octanol–water partition coefficient (Wildman–Crippen LogP) is -3.76. The number of carbonyl (C=O) groups excluding carboxylic acids is 4. The van der Waals surface area contributed by atoms with Gasteiger partial charge in [0.15, 0.2) is 6.29 Å². The van der Waals surface area contributed by atoms with E-state index in [9.17, 15) is 29.4 Å². The number of rotatable bonds is 10. The zero-order valence-corrected chi connectivity index (χ0v) is 21.5. The van der Waals surface area contributed by atoms with Gasteiger partial charge in [0.25, 0.3) is 0 Å². The van der Waals surface area contributed by atoms with Crippen LogP contribution in [0.25, 0.3) is 0 Å². The Bertz CT molecular complexity index is 946. The molecule has 0 aliphatic carbocycles. The maximum atomic E-state index is 12.9. The van der Waals surface area contributed by atoms with Gasteiger partial charge in [0, 0.05) is 45.1 Å². The van der Waals surface area contributed by atoms with E-state index in [1.807, 2.05) is 0 Å². The number of piperazine rings is 1. The normalized spacial score (nSPS) is 38.2. The number of likely N-dealkylation sites (tertiary alicyclic amines) is 2. The van der Waals surface area contributed by atoms with Crippen LogP contribution >= 0.6 is 0 Å². The highest BCUT2D eigenvalue weighted by Gasteiger charge is 2.60. The number of amides is 4. The molecule has 2 unspecified atom stereocenters. The number of nitrogens with zero attached hydrogens (tertiary/aromatic N) is 3. The molecule has 14 nitrogen and oxygen atoms in total.